The highest BCUT2D eigenvalue weighted by Gasteiger charge is 2.27. The first-order valence-corrected chi connectivity index (χ1v) is 8.51. The summed E-state index contributed by atoms with van der Waals surface area (Å²) in [6.07, 6.45) is 1.14. The van der Waals surface area contributed by atoms with Crippen LogP contribution in [-0.4, -0.2) is 0 Å². The van der Waals surface area contributed by atoms with E-state index in [1.165, 1.54) is 5.56 Å². The van der Waals surface area contributed by atoms with E-state index >= 15 is 0 Å². The lowest BCUT2D eigenvalue weighted by Crippen LogP contribution is -2.24. The topological polar surface area (TPSA) is 9.23 Å². The first kappa shape index (κ1) is 17.9. The van der Waals surface area contributed by atoms with Crippen LogP contribution in [-0.2, 0) is 12.0 Å². The maximum absolute atomic E-state index is 5.99. The summed E-state index contributed by atoms with van der Waals surface area (Å²) in [5.74, 6) is 0.889. The summed E-state index contributed by atoms with van der Waals surface area (Å²) in [7, 11) is 0. The van der Waals surface area contributed by atoms with Crippen molar-refractivity contribution in [2.75, 3.05) is 0 Å². The molecule has 0 amide bonds. The molecule has 0 aliphatic heterocycles. The molecule has 1 nitrogen and oxygen atoms in total. The summed E-state index contributed by atoms with van der Waals surface area (Å²) in [5.41, 5.74) is 2.90. The Morgan fingerprint density at radius 3 is 2.13 bits per heavy atom. The fourth-order valence-electron chi connectivity index (χ4n) is 3.22. The minimum atomic E-state index is 0.156. The Balaban J connectivity index is 2.02. The van der Waals surface area contributed by atoms with Crippen LogP contribution in [0.3, 0.4) is 0 Å². The average molecular weight is 331 g/mol. The quantitative estimate of drug-likeness (QED) is 0.597. The Morgan fingerprint density at radius 1 is 0.913 bits per heavy atom. The van der Waals surface area contributed by atoms with Crippen LogP contribution >= 0.6 is 11.6 Å². The van der Waals surface area contributed by atoms with Crippen molar-refractivity contribution < 1.29 is 4.74 Å². The van der Waals surface area contributed by atoms with Gasteiger partial charge in [0.25, 0.3) is 0 Å². The molecule has 0 aliphatic rings. The number of rotatable bonds is 5. The zero-order valence-corrected chi connectivity index (χ0v) is 15.6. The molecule has 0 saturated heterocycles. The smallest absolute Gasteiger partial charge is 0.119 e. The van der Waals surface area contributed by atoms with Gasteiger partial charge in [0.1, 0.15) is 12.4 Å². The molecule has 23 heavy (non-hydrogen) atoms. The molecule has 0 aliphatic carbocycles. The van der Waals surface area contributed by atoms with Crippen LogP contribution in [0.2, 0.25) is 5.02 Å². The normalized spacial score (nSPS) is 12.3. The van der Waals surface area contributed by atoms with Crippen molar-refractivity contribution in [3.63, 3.8) is 0 Å². The Bertz CT molecular complexity index is 636. The summed E-state index contributed by atoms with van der Waals surface area (Å²) in [4.78, 5) is 0. The van der Waals surface area contributed by atoms with E-state index in [1.54, 1.807) is 0 Å². The summed E-state index contributed by atoms with van der Waals surface area (Å²) >= 11 is 5.99. The Hall–Kier alpha value is -1.47. The molecule has 0 saturated carbocycles. The van der Waals surface area contributed by atoms with Gasteiger partial charge in [-0.2, -0.15) is 0 Å². The second-order valence-electron chi connectivity index (χ2n) is 8.06. The maximum atomic E-state index is 5.99. The zero-order chi connectivity index (χ0) is 17.1. The first-order chi connectivity index (χ1) is 10.7. The van der Waals surface area contributed by atoms with Crippen molar-refractivity contribution in [3.8, 4) is 5.75 Å². The molecule has 2 heteroatoms. The SMILES string of the molecule is CC(C)(C)CC(C)(C)c1ccc(OCc2cccc(Cl)c2)cc1. The van der Waals surface area contributed by atoms with E-state index in [4.69, 9.17) is 16.3 Å². The third-order valence-electron chi connectivity index (χ3n) is 3.90. The van der Waals surface area contributed by atoms with E-state index in [0.29, 0.717) is 12.0 Å². The van der Waals surface area contributed by atoms with Crippen molar-refractivity contribution in [2.45, 2.75) is 53.1 Å². The predicted molar refractivity (Wildman–Crippen MR) is 99.3 cm³/mol. The molecule has 0 aromatic heterocycles. The monoisotopic (exact) mass is 330 g/mol. The molecular formula is C21H27ClO. The van der Waals surface area contributed by atoms with Crippen LogP contribution in [0.25, 0.3) is 0 Å². The molecule has 0 radical (unpaired) electrons. The zero-order valence-electron chi connectivity index (χ0n) is 14.8. The van der Waals surface area contributed by atoms with Crippen molar-refractivity contribution in [1.29, 1.82) is 0 Å². The summed E-state index contributed by atoms with van der Waals surface area (Å²) < 4.78 is 5.86. The summed E-state index contributed by atoms with van der Waals surface area (Å²) in [6.45, 7) is 12.0. The fourth-order valence-corrected chi connectivity index (χ4v) is 3.44. The van der Waals surface area contributed by atoms with Gasteiger partial charge in [-0.1, -0.05) is 70.5 Å². The van der Waals surface area contributed by atoms with E-state index in [0.717, 1.165) is 22.8 Å². The highest BCUT2D eigenvalue weighted by molar-refractivity contribution is 6.30. The third kappa shape index (κ3) is 5.58. The molecule has 0 heterocycles. The number of hydrogen-bond acceptors (Lipinski definition) is 1. The molecule has 2 rings (SSSR count). The molecule has 0 spiro atoms. The van der Waals surface area contributed by atoms with Gasteiger partial charge in [0.05, 0.1) is 0 Å². The lowest BCUT2D eigenvalue weighted by atomic mass is 9.72. The highest BCUT2D eigenvalue weighted by Crippen LogP contribution is 2.36. The standard InChI is InChI=1S/C21H27ClO/c1-20(2,3)15-21(4,5)17-9-11-19(12-10-17)23-14-16-7-6-8-18(22)13-16/h6-13H,14-15H2,1-5H3. The number of ether oxygens (including phenoxy) is 1. The van der Waals surface area contributed by atoms with Gasteiger partial charge in [-0.3, -0.25) is 0 Å². The average Bonchev–Trinajstić information content (AvgIpc) is 2.43. The molecule has 2 aromatic rings. The second kappa shape index (κ2) is 6.97. The molecule has 2 aromatic carbocycles. The number of halogens is 1. The van der Waals surface area contributed by atoms with E-state index in [9.17, 15) is 0 Å². The molecule has 0 N–H and O–H groups in total. The fraction of sp³-hybridized carbons (Fsp3) is 0.429. The van der Waals surface area contributed by atoms with Gasteiger partial charge in [0.15, 0.2) is 0 Å². The van der Waals surface area contributed by atoms with Crippen molar-refractivity contribution in [3.05, 3.63) is 64.7 Å². The number of benzene rings is 2. The van der Waals surface area contributed by atoms with Gasteiger partial charge < -0.3 is 4.74 Å². The first-order valence-electron chi connectivity index (χ1n) is 8.14. The van der Waals surface area contributed by atoms with Gasteiger partial charge in [-0.05, 0) is 52.6 Å². The van der Waals surface area contributed by atoms with E-state index in [1.807, 2.05) is 24.3 Å². The molecule has 0 unspecified atom stereocenters. The second-order valence-corrected chi connectivity index (χ2v) is 8.50. The van der Waals surface area contributed by atoms with Crippen molar-refractivity contribution >= 4 is 11.6 Å². The highest BCUT2D eigenvalue weighted by atomic mass is 35.5. The van der Waals surface area contributed by atoms with E-state index < -0.39 is 0 Å². The summed E-state index contributed by atoms with van der Waals surface area (Å²) in [6, 6.07) is 16.2. The third-order valence-corrected chi connectivity index (χ3v) is 4.14. The van der Waals surface area contributed by atoms with Crippen LogP contribution in [0.4, 0.5) is 0 Å². The van der Waals surface area contributed by atoms with Gasteiger partial charge in [0, 0.05) is 5.02 Å². The van der Waals surface area contributed by atoms with Gasteiger partial charge in [0.2, 0.25) is 0 Å². The lowest BCUT2D eigenvalue weighted by Gasteiger charge is -2.33. The van der Waals surface area contributed by atoms with Crippen LogP contribution in [0.1, 0.15) is 52.2 Å². The Morgan fingerprint density at radius 2 is 1.57 bits per heavy atom. The van der Waals surface area contributed by atoms with Crippen molar-refractivity contribution in [2.24, 2.45) is 5.41 Å². The van der Waals surface area contributed by atoms with Gasteiger partial charge in [-0.25, -0.2) is 0 Å². The predicted octanol–water partition coefficient (Wildman–Crippen LogP) is 6.63. The van der Waals surface area contributed by atoms with Gasteiger partial charge in [-0.15, -0.1) is 0 Å². The van der Waals surface area contributed by atoms with E-state index in [2.05, 4.69) is 58.9 Å². The molecule has 0 atom stereocenters. The Kier molecular flexibility index (Phi) is 5.41. The molecular weight excluding hydrogens is 304 g/mol. The summed E-state index contributed by atoms with van der Waals surface area (Å²) in [5, 5.41) is 0.741. The minimum absolute atomic E-state index is 0.156. The number of hydrogen-bond donors (Lipinski definition) is 0. The van der Waals surface area contributed by atoms with Crippen LogP contribution in [0.5, 0.6) is 5.75 Å². The van der Waals surface area contributed by atoms with Crippen molar-refractivity contribution in [1.82, 2.24) is 0 Å². The van der Waals surface area contributed by atoms with Crippen LogP contribution in [0, 0.1) is 5.41 Å². The Labute approximate surface area is 145 Å². The van der Waals surface area contributed by atoms with E-state index in [-0.39, 0.29) is 5.41 Å². The van der Waals surface area contributed by atoms with Crippen LogP contribution < -0.4 is 4.74 Å². The van der Waals surface area contributed by atoms with Crippen LogP contribution in [0.15, 0.2) is 48.5 Å². The molecule has 0 fully saturated rings. The maximum Gasteiger partial charge on any atom is 0.119 e. The van der Waals surface area contributed by atoms with Gasteiger partial charge >= 0.3 is 0 Å². The lowest BCUT2D eigenvalue weighted by molar-refractivity contribution is 0.283. The molecule has 0 bridgehead atoms. The molecule has 124 valence electrons. The largest absolute Gasteiger partial charge is 0.489 e. The minimum Gasteiger partial charge on any atom is -0.489 e.